The molecule has 1 aromatic carbocycles. The van der Waals surface area contributed by atoms with E-state index < -0.39 is 0 Å². The summed E-state index contributed by atoms with van der Waals surface area (Å²) in [6, 6.07) is 5.19. The number of amidine groups is 1. The lowest BCUT2D eigenvalue weighted by molar-refractivity contribution is 0.476. The minimum atomic E-state index is 0.112. The molecule has 0 aliphatic rings. The molecule has 0 saturated heterocycles. The number of benzene rings is 1. The molecule has 0 unspecified atom stereocenters. The Bertz CT molecular complexity index is 423. The van der Waals surface area contributed by atoms with E-state index in [1.54, 1.807) is 24.6 Å². The Morgan fingerprint density at radius 2 is 2.33 bits per heavy atom. The van der Waals surface area contributed by atoms with Gasteiger partial charge in [0.2, 0.25) is 0 Å². The molecule has 5 heteroatoms. The summed E-state index contributed by atoms with van der Waals surface area (Å²) in [4.78, 5) is 4.10. The van der Waals surface area contributed by atoms with E-state index in [4.69, 9.17) is 5.26 Å². The fourth-order valence-electron chi connectivity index (χ4n) is 1.01. The molecule has 1 rings (SSSR count). The highest BCUT2D eigenvalue weighted by molar-refractivity contribution is 8.13. The van der Waals surface area contributed by atoms with Gasteiger partial charge in [0.1, 0.15) is 11.4 Å². The first-order valence-electron chi connectivity index (χ1n) is 4.24. The minimum Gasteiger partial charge on any atom is -0.506 e. The van der Waals surface area contributed by atoms with Gasteiger partial charge < -0.3 is 5.11 Å². The topological polar surface area (TPSA) is 68.4 Å². The van der Waals surface area contributed by atoms with Gasteiger partial charge in [-0.25, -0.2) is 4.99 Å². The Morgan fingerprint density at radius 3 is 2.87 bits per heavy atom. The molecule has 0 saturated carbocycles. The average molecular weight is 221 g/mol. The normalized spacial score (nSPS) is 10.9. The first-order chi connectivity index (χ1) is 7.17. The first-order valence-corrected chi connectivity index (χ1v) is 5.47. The first kappa shape index (κ1) is 11.4. The summed E-state index contributed by atoms with van der Waals surface area (Å²) in [7, 11) is 0. The SMILES string of the molecule is CSC(=Nc1ccc(C)cc1O)NC#N. The van der Waals surface area contributed by atoms with Crippen LogP contribution in [0.15, 0.2) is 23.2 Å². The number of nitriles is 1. The fraction of sp³-hybridized carbons (Fsp3) is 0.200. The van der Waals surface area contributed by atoms with Crippen LogP contribution in [0.1, 0.15) is 5.56 Å². The van der Waals surface area contributed by atoms with Crippen molar-refractivity contribution in [3.05, 3.63) is 23.8 Å². The van der Waals surface area contributed by atoms with Gasteiger partial charge in [-0.15, -0.1) is 0 Å². The van der Waals surface area contributed by atoms with Gasteiger partial charge in [0.15, 0.2) is 11.4 Å². The zero-order valence-electron chi connectivity index (χ0n) is 8.48. The van der Waals surface area contributed by atoms with Crippen molar-refractivity contribution in [3.8, 4) is 11.9 Å². The quantitative estimate of drug-likeness (QED) is 0.330. The van der Waals surface area contributed by atoms with Gasteiger partial charge in [-0.05, 0) is 30.9 Å². The van der Waals surface area contributed by atoms with Crippen LogP contribution in [0.3, 0.4) is 0 Å². The second kappa shape index (κ2) is 5.27. The Hall–Kier alpha value is -1.67. The second-order valence-corrected chi connectivity index (χ2v) is 3.64. The number of aromatic hydroxyl groups is 1. The predicted molar refractivity (Wildman–Crippen MR) is 62.2 cm³/mol. The second-order valence-electron chi connectivity index (χ2n) is 2.85. The highest BCUT2D eigenvalue weighted by atomic mass is 32.2. The highest BCUT2D eigenvalue weighted by Crippen LogP contribution is 2.27. The zero-order chi connectivity index (χ0) is 11.3. The number of aryl methyl sites for hydroxylation is 1. The Labute approximate surface area is 92.6 Å². The fourth-order valence-corrected chi connectivity index (χ4v) is 1.35. The van der Waals surface area contributed by atoms with Crippen molar-refractivity contribution in [2.75, 3.05) is 6.26 Å². The summed E-state index contributed by atoms with van der Waals surface area (Å²) < 4.78 is 0. The number of nitrogens with one attached hydrogen (secondary N) is 1. The number of hydrogen-bond acceptors (Lipinski definition) is 4. The van der Waals surface area contributed by atoms with Gasteiger partial charge >= 0.3 is 0 Å². The molecule has 0 fully saturated rings. The maximum absolute atomic E-state index is 9.58. The van der Waals surface area contributed by atoms with Gasteiger partial charge in [0.25, 0.3) is 0 Å². The summed E-state index contributed by atoms with van der Waals surface area (Å²) in [6.45, 7) is 1.89. The third-order valence-electron chi connectivity index (χ3n) is 1.71. The lowest BCUT2D eigenvalue weighted by atomic mass is 10.2. The van der Waals surface area contributed by atoms with Crippen molar-refractivity contribution in [1.29, 1.82) is 5.26 Å². The van der Waals surface area contributed by atoms with E-state index in [0.717, 1.165) is 5.56 Å². The zero-order valence-corrected chi connectivity index (χ0v) is 9.30. The van der Waals surface area contributed by atoms with Crippen molar-refractivity contribution in [2.45, 2.75) is 6.92 Å². The molecule has 0 spiro atoms. The molecule has 0 bridgehead atoms. The van der Waals surface area contributed by atoms with Crippen LogP contribution in [0.4, 0.5) is 5.69 Å². The van der Waals surface area contributed by atoms with Crippen LogP contribution in [0.5, 0.6) is 5.75 Å². The lowest BCUT2D eigenvalue weighted by Crippen LogP contribution is -2.12. The molecule has 0 aliphatic carbocycles. The van der Waals surface area contributed by atoms with Crippen molar-refractivity contribution >= 4 is 22.6 Å². The van der Waals surface area contributed by atoms with Crippen molar-refractivity contribution in [1.82, 2.24) is 5.32 Å². The van der Waals surface area contributed by atoms with Crippen LogP contribution >= 0.6 is 11.8 Å². The number of phenolic OH excluding ortho intramolecular Hbond substituents is 1. The average Bonchev–Trinajstić information content (AvgIpc) is 2.21. The molecule has 0 amide bonds. The maximum Gasteiger partial charge on any atom is 0.183 e. The lowest BCUT2D eigenvalue weighted by Gasteiger charge is -2.02. The van der Waals surface area contributed by atoms with E-state index in [1.807, 2.05) is 13.0 Å². The molecule has 0 atom stereocenters. The standard InChI is InChI=1S/C10H11N3OS/c1-7-3-4-8(9(14)5-7)13-10(15-2)12-6-11/h3-5,14H,1-2H3,(H,12,13). The Kier molecular flexibility index (Phi) is 4.01. The number of phenols is 1. The van der Waals surface area contributed by atoms with Crippen LogP contribution in [0.25, 0.3) is 0 Å². The summed E-state index contributed by atoms with van der Waals surface area (Å²) in [5, 5.41) is 20.9. The molecular weight excluding hydrogens is 210 g/mol. The van der Waals surface area contributed by atoms with Gasteiger partial charge in [-0.1, -0.05) is 17.8 Å². The van der Waals surface area contributed by atoms with Gasteiger partial charge in [0, 0.05) is 0 Å². The van der Waals surface area contributed by atoms with E-state index in [-0.39, 0.29) is 5.75 Å². The van der Waals surface area contributed by atoms with E-state index in [9.17, 15) is 5.11 Å². The Morgan fingerprint density at radius 1 is 1.60 bits per heavy atom. The van der Waals surface area contributed by atoms with E-state index in [1.165, 1.54) is 11.8 Å². The van der Waals surface area contributed by atoms with E-state index in [0.29, 0.717) is 10.9 Å². The molecule has 0 aliphatic heterocycles. The minimum absolute atomic E-state index is 0.112. The molecule has 0 aromatic heterocycles. The molecule has 78 valence electrons. The van der Waals surface area contributed by atoms with E-state index >= 15 is 0 Å². The van der Waals surface area contributed by atoms with Crippen molar-refractivity contribution in [2.24, 2.45) is 4.99 Å². The van der Waals surface area contributed by atoms with Crippen molar-refractivity contribution < 1.29 is 5.11 Å². The van der Waals surface area contributed by atoms with Gasteiger partial charge in [-0.2, -0.15) is 5.26 Å². The number of nitrogens with zero attached hydrogens (tertiary/aromatic N) is 2. The summed E-state index contributed by atoms with van der Waals surface area (Å²) >= 11 is 1.31. The summed E-state index contributed by atoms with van der Waals surface area (Å²) in [6.07, 6.45) is 3.59. The van der Waals surface area contributed by atoms with Crippen LogP contribution in [-0.4, -0.2) is 16.5 Å². The van der Waals surface area contributed by atoms with Crippen LogP contribution in [0.2, 0.25) is 0 Å². The maximum atomic E-state index is 9.58. The number of thioether (sulfide) groups is 1. The van der Waals surface area contributed by atoms with Crippen LogP contribution in [-0.2, 0) is 0 Å². The molecule has 1 aromatic rings. The van der Waals surface area contributed by atoms with E-state index in [2.05, 4.69) is 10.3 Å². The van der Waals surface area contributed by atoms with Gasteiger partial charge in [-0.3, -0.25) is 5.32 Å². The number of hydrogen-bond donors (Lipinski definition) is 2. The Balaban J connectivity index is 3.01. The van der Waals surface area contributed by atoms with Crippen molar-refractivity contribution in [3.63, 3.8) is 0 Å². The molecule has 2 N–H and O–H groups in total. The molecule has 0 radical (unpaired) electrons. The van der Waals surface area contributed by atoms with Crippen LogP contribution < -0.4 is 5.32 Å². The third-order valence-corrected chi connectivity index (χ3v) is 2.29. The van der Waals surface area contributed by atoms with Gasteiger partial charge in [0.05, 0.1) is 0 Å². The predicted octanol–water partition coefficient (Wildman–Crippen LogP) is 2.12. The molecule has 15 heavy (non-hydrogen) atoms. The molecular formula is C10H11N3OS. The third kappa shape index (κ3) is 3.18. The largest absolute Gasteiger partial charge is 0.506 e. The summed E-state index contributed by atoms with van der Waals surface area (Å²) in [5.74, 6) is 0.112. The smallest absolute Gasteiger partial charge is 0.183 e. The number of rotatable bonds is 1. The molecule has 0 heterocycles. The molecule has 4 nitrogen and oxygen atoms in total. The number of aliphatic imine (C=N–C) groups is 1. The highest BCUT2D eigenvalue weighted by Gasteiger charge is 2.01. The monoisotopic (exact) mass is 221 g/mol. The summed E-state index contributed by atoms with van der Waals surface area (Å²) in [5.41, 5.74) is 1.41. The van der Waals surface area contributed by atoms with Crippen LogP contribution in [0, 0.1) is 18.4 Å².